The number of carboxylic acids is 1. The minimum absolute atomic E-state index is 0.108. The standard InChI is InChI=1S/C14H26N2O3/c1-4-11(2)16(3)13(19)15-14(12(17)18)9-7-5-6-8-10-14/h11H,4-10H2,1-3H3,(H,15,19)(H,17,18). The molecule has 0 radical (unpaired) electrons. The van der Waals surface area contributed by atoms with Crippen molar-refractivity contribution in [3.63, 3.8) is 0 Å². The van der Waals surface area contributed by atoms with Crippen LogP contribution in [0.3, 0.4) is 0 Å². The Morgan fingerprint density at radius 2 is 1.79 bits per heavy atom. The third-order valence-electron chi connectivity index (χ3n) is 4.29. The molecule has 0 heterocycles. The molecule has 0 bridgehead atoms. The largest absolute Gasteiger partial charge is 0.480 e. The molecule has 1 unspecified atom stereocenters. The smallest absolute Gasteiger partial charge is 0.329 e. The minimum atomic E-state index is -1.07. The van der Waals surface area contributed by atoms with Gasteiger partial charge in [-0.3, -0.25) is 0 Å². The zero-order valence-corrected chi connectivity index (χ0v) is 12.2. The molecule has 1 saturated carbocycles. The van der Waals surface area contributed by atoms with Crippen LogP contribution < -0.4 is 5.32 Å². The van der Waals surface area contributed by atoms with Gasteiger partial charge in [0.15, 0.2) is 0 Å². The van der Waals surface area contributed by atoms with Crippen molar-refractivity contribution in [3.05, 3.63) is 0 Å². The molecule has 1 aliphatic rings. The Morgan fingerprint density at radius 3 is 2.21 bits per heavy atom. The van der Waals surface area contributed by atoms with E-state index in [1.165, 1.54) is 0 Å². The summed E-state index contributed by atoms with van der Waals surface area (Å²) in [7, 11) is 1.72. The zero-order valence-electron chi connectivity index (χ0n) is 12.2. The van der Waals surface area contributed by atoms with E-state index in [0.717, 1.165) is 32.1 Å². The van der Waals surface area contributed by atoms with Gasteiger partial charge in [0.2, 0.25) is 0 Å². The van der Waals surface area contributed by atoms with Gasteiger partial charge in [-0.2, -0.15) is 0 Å². The molecule has 5 nitrogen and oxygen atoms in total. The first-order valence-electron chi connectivity index (χ1n) is 7.21. The molecule has 0 aliphatic heterocycles. The predicted molar refractivity (Wildman–Crippen MR) is 74.1 cm³/mol. The van der Waals surface area contributed by atoms with Crippen molar-refractivity contribution in [1.29, 1.82) is 0 Å². The maximum absolute atomic E-state index is 12.2. The van der Waals surface area contributed by atoms with Crippen LogP contribution >= 0.6 is 0 Å². The highest BCUT2D eigenvalue weighted by Crippen LogP contribution is 2.27. The van der Waals surface area contributed by atoms with Crippen LogP contribution in [0.25, 0.3) is 0 Å². The first-order chi connectivity index (χ1) is 8.93. The average Bonchev–Trinajstić information content (AvgIpc) is 2.63. The third kappa shape index (κ3) is 3.85. The maximum atomic E-state index is 12.2. The van der Waals surface area contributed by atoms with E-state index in [4.69, 9.17) is 0 Å². The Labute approximate surface area is 115 Å². The number of hydrogen-bond acceptors (Lipinski definition) is 2. The summed E-state index contributed by atoms with van der Waals surface area (Å²) in [5.74, 6) is -0.902. The number of carbonyl (C=O) groups excluding carboxylic acids is 1. The molecule has 1 fully saturated rings. The molecule has 2 amide bonds. The Bertz CT molecular complexity index is 323. The van der Waals surface area contributed by atoms with Gasteiger partial charge in [-0.1, -0.05) is 32.6 Å². The lowest BCUT2D eigenvalue weighted by atomic mass is 9.90. The molecule has 1 rings (SSSR count). The summed E-state index contributed by atoms with van der Waals surface area (Å²) in [6.45, 7) is 3.97. The Hall–Kier alpha value is -1.26. The van der Waals surface area contributed by atoms with E-state index >= 15 is 0 Å². The van der Waals surface area contributed by atoms with Crippen LogP contribution in [0.2, 0.25) is 0 Å². The molecular weight excluding hydrogens is 244 g/mol. The van der Waals surface area contributed by atoms with Crippen LogP contribution in [0.5, 0.6) is 0 Å². The lowest BCUT2D eigenvalue weighted by molar-refractivity contribution is -0.145. The summed E-state index contributed by atoms with van der Waals surface area (Å²) in [5, 5.41) is 12.3. The summed E-state index contributed by atoms with van der Waals surface area (Å²) < 4.78 is 0. The van der Waals surface area contributed by atoms with Gasteiger partial charge >= 0.3 is 12.0 Å². The molecule has 0 aromatic heterocycles. The molecule has 110 valence electrons. The molecule has 0 aromatic carbocycles. The Kier molecular flexibility index (Phi) is 5.63. The second-order valence-corrected chi connectivity index (χ2v) is 5.60. The lowest BCUT2D eigenvalue weighted by Crippen LogP contribution is -2.58. The van der Waals surface area contributed by atoms with Crippen LogP contribution in [0, 0.1) is 0 Å². The molecule has 2 N–H and O–H groups in total. The highest BCUT2D eigenvalue weighted by molar-refractivity contribution is 5.86. The monoisotopic (exact) mass is 270 g/mol. The van der Waals surface area contributed by atoms with Crippen molar-refractivity contribution < 1.29 is 14.7 Å². The summed E-state index contributed by atoms with van der Waals surface area (Å²) in [6, 6.07) is -0.171. The predicted octanol–water partition coefficient (Wildman–Crippen LogP) is 2.60. The van der Waals surface area contributed by atoms with Crippen LogP contribution in [-0.4, -0.2) is 40.6 Å². The molecule has 1 atom stereocenters. The van der Waals surface area contributed by atoms with E-state index < -0.39 is 11.5 Å². The Balaban J connectivity index is 2.78. The number of urea groups is 1. The fraction of sp³-hybridized carbons (Fsp3) is 0.857. The van der Waals surface area contributed by atoms with Gasteiger partial charge in [0.05, 0.1) is 0 Å². The second kappa shape index (κ2) is 6.78. The number of aliphatic carboxylic acids is 1. The van der Waals surface area contributed by atoms with E-state index in [9.17, 15) is 14.7 Å². The number of nitrogens with zero attached hydrogens (tertiary/aromatic N) is 1. The first-order valence-corrected chi connectivity index (χ1v) is 7.21. The maximum Gasteiger partial charge on any atom is 0.329 e. The molecule has 1 aliphatic carbocycles. The van der Waals surface area contributed by atoms with Crippen molar-refractivity contribution in [3.8, 4) is 0 Å². The highest BCUT2D eigenvalue weighted by Gasteiger charge is 2.40. The molecular formula is C14H26N2O3. The van der Waals surface area contributed by atoms with Crippen molar-refractivity contribution in [2.75, 3.05) is 7.05 Å². The van der Waals surface area contributed by atoms with Gasteiger partial charge in [0.1, 0.15) is 5.54 Å². The topological polar surface area (TPSA) is 69.6 Å². The second-order valence-electron chi connectivity index (χ2n) is 5.60. The van der Waals surface area contributed by atoms with Gasteiger partial charge in [0, 0.05) is 13.1 Å². The van der Waals surface area contributed by atoms with E-state index in [-0.39, 0.29) is 12.1 Å². The van der Waals surface area contributed by atoms with Crippen molar-refractivity contribution >= 4 is 12.0 Å². The minimum Gasteiger partial charge on any atom is -0.480 e. The molecule has 5 heteroatoms. The van der Waals surface area contributed by atoms with Crippen molar-refractivity contribution in [2.24, 2.45) is 0 Å². The lowest BCUT2D eigenvalue weighted by Gasteiger charge is -2.33. The van der Waals surface area contributed by atoms with Gasteiger partial charge in [-0.05, 0) is 26.2 Å². The Morgan fingerprint density at radius 1 is 1.26 bits per heavy atom. The molecule has 0 saturated heterocycles. The van der Waals surface area contributed by atoms with E-state index in [0.29, 0.717) is 12.8 Å². The number of hydrogen-bond donors (Lipinski definition) is 2. The normalized spacial score (nSPS) is 20.2. The SMILES string of the molecule is CCC(C)N(C)C(=O)NC1(C(=O)O)CCCCCC1. The van der Waals surface area contributed by atoms with E-state index in [1.54, 1.807) is 11.9 Å². The number of amides is 2. The zero-order chi connectivity index (χ0) is 14.5. The van der Waals surface area contributed by atoms with Crippen molar-refractivity contribution in [1.82, 2.24) is 10.2 Å². The van der Waals surface area contributed by atoms with Crippen LogP contribution in [0.15, 0.2) is 0 Å². The van der Waals surface area contributed by atoms with Crippen molar-refractivity contribution in [2.45, 2.75) is 70.4 Å². The van der Waals surface area contributed by atoms with E-state index in [2.05, 4.69) is 5.32 Å². The summed E-state index contributed by atoms with van der Waals surface area (Å²) in [4.78, 5) is 25.4. The van der Waals surface area contributed by atoms with Gasteiger partial charge in [0.25, 0.3) is 0 Å². The molecule has 0 spiro atoms. The van der Waals surface area contributed by atoms with Crippen LogP contribution in [0.4, 0.5) is 4.79 Å². The number of nitrogens with one attached hydrogen (secondary N) is 1. The fourth-order valence-corrected chi connectivity index (χ4v) is 2.49. The quantitative estimate of drug-likeness (QED) is 0.771. The summed E-state index contributed by atoms with van der Waals surface area (Å²) in [5.41, 5.74) is -1.07. The van der Waals surface area contributed by atoms with Crippen LogP contribution in [0.1, 0.15) is 58.8 Å². The molecule has 0 aromatic rings. The summed E-state index contributed by atoms with van der Waals surface area (Å²) in [6.07, 6.45) is 5.73. The third-order valence-corrected chi connectivity index (χ3v) is 4.29. The molecule has 19 heavy (non-hydrogen) atoms. The summed E-state index contributed by atoms with van der Waals surface area (Å²) >= 11 is 0. The first kappa shape index (κ1) is 15.8. The highest BCUT2D eigenvalue weighted by atomic mass is 16.4. The van der Waals surface area contributed by atoms with Gasteiger partial charge in [-0.25, -0.2) is 9.59 Å². The fourth-order valence-electron chi connectivity index (χ4n) is 2.49. The van der Waals surface area contributed by atoms with E-state index in [1.807, 2.05) is 13.8 Å². The number of rotatable bonds is 4. The van der Waals surface area contributed by atoms with Gasteiger partial charge < -0.3 is 15.3 Å². The number of carbonyl (C=O) groups is 2. The number of carboxylic acid groups (broad SMARTS) is 1. The average molecular weight is 270 g/mol. The van der Waals surface area contributed by atoms with Gasteiger partial charge in [-0.15, -0.1) is 0 Å². The van der Waals surface area contributed by atoms with Crippen LogP contribution in [-0.2, 0) is 4.79 Å².